The molecule has 1 heterocycles. The van der Waals surface area contributed by atoms with E-state index >= 15 is 0 Å². The number of aryl methyl sites for hydroxylation is 1. The number of rotatable bonds is 5. The van der Waals surface area contributed by atoms with Crippen LogP contribution >= 0.6 is 0 Å². The Morgan fingerprint density at radius 3 is 2.62 bits per heavy atom. The van der Waals surface area contributed by atoms with Gasteiger partial charge < -0.3 is 10.2 Å². The van der Waals surface area contributed by atoms with Crippen molar-refractivity contribution in [1.82, 2.24) is 5.32 Å². The van der Waals surface area contributed by atoms with Crippen molar-refractivity contribution in [3.05, 3.63) is 65.7 Å². The maximum Gasteiger partial charge on any atom is 0.227 e. The van der Waals surface area contributed by atoms with E-state index in [1.807, 2.05) is 54.6 Å². The Balaban J connectivity index is 1.62. The fourth-order valence-electron chi connectivity index (χ4n) is 3.01. The van der Waals surface area contributed by atoms with Crippen molar-refractivity contribution in [2.75, 3.05) is 11.4 Å². The third kappa shape index (κ3) is 3.65. The minimum atomic E-state index is -0.286. The summed E-state index contributed by atoms with van der Waals surface area (Å²) in [5.41, 5.74) is 3.14. The minimum absolute atomic E-state index is 0.0168. The topological polar surface area (TPSA) is 49.4 Å². The molecule has 4 heteroatoms. The van der Waals surface area contributed by atoms with E-state index in [4.69, 9.17) is 0 Å². The highest BCUT2D eigenvalue weighted by Gasteiger charge is 2.34. The van der Waals surface area contributed by atoms with Gasteiger partial charge in [-0.05, 0) is 29.7 Å². The number of hydrogen-bond donors (Lipinski definition) is 1. The van der Waals surface area contributed by atoms with Gasteiger partial charge in [-0.15, -0.1) is 0 Å². The van der Waals surface area contributed by atoms with E-state index in [-0.39, 0.29) is 24.2 Å². The van der Waals surface area contributed by atoms with Gasteiger partial charge in [0.1, 0.15) is 0 Å². The Morgan fingerprint density at radius 2 is 1.88 bits per heavy atom. The average molecular weight is 322 g/mol. The summed E-state index contributed by atoms with van der Waals surface area (Å²) in [7, 11) is 0. The maximum atomic E-state index is 12.4. The molecule has 24 heavy (non-hydrogen) atoms. The number of nitrogens with zero attached hydrogens (tertiary/aromatic N) is 1. The van der Waals surface area contributed by atoms with Crippen molar-refractivity contribution in [3.8, 4) is 0 Å². The van der Waals surface area contributed by atoms with Gasteiger partial charge in [-0.3, -0.25) is 9.59 Å². The van der Waals surface area contributed by atoms with E-state index in [9.17, 15) is 9.59 Å². The maximum absolute atomic E-state index is 12.4. The quantitative estimate of drug-likeness (QED) is 0.920. The molecular weight excluding hydrogens is 300 g/mol. The van der Waals surface area contributed by atoms with E-state index in [1.165, 1.54) is 5.56 Å². The van der Waals surface area contributed by atoms with Crippen molar-refractivity contribution in [1.29, 1.82) is 0 Å². The number of anilines is 1. The molecule has 1 N–H and O–H groups in total. The van der Waals surface area contributed by atoms with Crippen molar-refractivity contribution >= 4 is 17.5 Å². The van der Waals surface area contributed by atoms with Crippen molar-refractivity contribution in [3.63, 3.8) is 0 Å². The van der Waals surface area contributed by atoms with Crippen LogP contribution in [-0.4, -0.2) is 18.4 Å². The van der Waals surface area contributed by atoms with Gasteiger partial charge in [-0.1, -0.05) is 49.4 Å². The second-order valence-electron chi connectivity index (χ2n) is 6.13. The zero-order chi connectivity index (χ0) is 16.9. The molecule has 1 fully saturated rings. The summed E-state index contributed by atoms with van der Waals surface area (Å²) in [6.45, 7) is 3.03. The van der Waals surface area contributed by atoms with Crippen LogP contribution in [0.2, 0.25) is 0 Å². The lowest BCUT2D eigenvalue weighted by molar-refractivity contribution is -0.126. The van der Waals surface area contributed by atoms with E-state index < -0.39 is 0 Å². The van der Waals surface area contributed by atoms with Crippen LogP contribution in [0.3, 0.4) is 0 Å². The fraction of sp³-hybridized carbons (Fsp3) is 0.300. The van der Waals surface area contributed by atoms with Gasteiger partial charge in [0.2, 0.25) is 11.8 Å². The van der Waals surface area contributed by atoms with Crippen LogP contribution in [0.1, 0.15) is 24.5 Å². The van der Waals surface area contributed by atoms with Crippen LogP contribution in [0.5, 0.6) is 0 Å². The van der Waals surface area contributed by atoms with Gasteiger partial charge in [-0.25, -0.2) is 0 Å². The normalized spacial score (nSPS) is 17.1. The Labute approximate surface area is 142 Å². The first-order chi connectivity index (χ1) is 11.7. The molecule has 2 aromatic carbocycles. The van der Waals surface area contributed by atoms with E-state index in [2.05, 4.69) is 12.2 Å². The minimum Gasteiger partial charge on any atom is -0.352 e. The summed E-state index contributed by atoms with van der Waals surface area (Å²) in [4.78, 5) is 26.4. The predicted octanol–water partition coefficient (Wildman–Crippen LogP) is 2.92. The smallest absolute Gasteiger partial charge is 0.227 e. The van der Waals surface area contributed by atoms with E-state index in [0.29, 0.717) is 13.1 Å². The van der Waals surface area contributed by atoms with E-state index in [0.717, 1.165) is 17.7 Å². The number of hydrogen-bond acceptors (Lipinski definition) is 2. The van der Waals surface area contributed by atoms with Gasteiger partial charge in [0.25, 0.3) is 0 Å². The highest BCUT2D eigenvalue weighted by molar-refractivity contribution is 6.00. The third-order valence-electron chi connectivity index (χ3n) is 4.44. The van der Waals surface area contributed by atoms with Crippen molar-refractivity contribution in [2.24, 2.45) is 5.92 Å². The van der Waals surface area contributed by atoms with Gasteiger partial charge in [0.05, 0.1) is 5.92 Å². The molecule has 0 aliphatic carbocycles. The molecule has 2 aromatic rings. The Kier molecular flexibility index (Phi) is 4.94. The molecule has 0 saturated carbocycles. The average Bonchev–Trinajstić information content (AvgIpc) is 3.02. The van der Waals surface area contributed by atoms with Crippen LogP contribution in [0.15, 0.2) is 54.6 Å². The molecular formula is C20H22N2O2. The van der Waals surface area contributed by atoms with Gasteiger partial charge in [-0.2, -0.15) is 0 Å². The van der Waals surface area contributed by atoms with Crippen LogP contribution in [-0.2, 0) is 22.6 Å². The Bertz CT molecular complexity index is 727. The van der Waals surface area contributed by atoms with Crippen LogP contribution < -0.4 is 10.2 Å². The number of nitrogens with one attached hydrogen (secondary N) is 1. The highest BCUT2D eigenvalue weighted by Crippen LogP contribution is 2.26. The predicted molar refractivity (Wildman–Crippen MR) is 94.6 cm³/mol. The molecule has 124 valence electrons. The number of benzene rings is 2. The lowest BCUT2D eigenvalue weighted by atomic mass is 10.1. The van der Waals surface area contributed by atoms with Gasteiger partial charge in [0.15, 0.2) is 0 Å². The zero-order valence-electron chi connectivity index (χ0n) is 13.9. The summed E-state index contributed by atoms with van der Waals surface area (Å²) in [5.74, 6) is -0.323. The van der Waals surface area contributed by atoms with Crippen molar-refractivity contribution < 1.29 is 9.59 Å². The Morgan fingerprint density at radius 1 is 1.12 bits per heavy atom. The fourth-order valence-corrected chi connectivity index (χ4v) is 3.01. The number of amides is 2. The summed E-state index contributed by atoms with van der Waals surface area (Å²) in [6, 6.07) is 17.8. The molecule has 2 amide bonds. The second-order valence-corrected chi connectivity index (χ2v) is 6.13. The summed E-state index contributed by atoms with van der Waals surface area (Å²) in [6.07, 6.45) is 1.20. The lowest BCUT2D eigenvalue weighted by Gasteiger charge is -2.17. The standard InChI is InChI=1S/C20H22N2O2/c1-2-15-9-6-10-18(11-15)22-14-17(12-19(22)23)20(24)21-13-16-7-4-3-5-8-16/h3-11,17H,2,12-14H2,1H3,(H,21,24)/t17-/m0/s1. The van der Waals surface area contributed by atoms with Gasteiger partial charge in [0, 0.05) is 25.2 Å². The molecule has 0 radical (unpaired) electrons. The SMILES string of the molecule is CCc1cccc(N2C[C@@H](C(=O)NCc3ccccc3)CC2=O)c1. The summed E-state index contributed by atoms with van der Waals surface area (Å²) in [5, 5.41) is 2.94. The second kappa shape index (κ2) is 7.30. The Hall–Kier alpha value is -2.62. The molecule has 3 rings (SSSR count). The first kappa shape index (κ1) is 16.2. The van der Waals surface area contributed by atoms with Crippen LogP contribution in [0.25, 0.3) is 0 Å². The number of carbonyl (C=O) groups is 2. The lowest BCUT2D eigenvalue weighted by Crippen LogP contribution is -2.32. The first-order valence-corrected chi connectivity index (χ1v) is 8.38. The third-order valence-corrected chi connectivity index (χ3v) is 4.44. The molecule has 1 atom stereocenters. The highest BCUT2D eigenvalue weighted by atomic mass is 16.2. The van der Waals surface area contributed by atoms with Gasteiger partial charge >= 0.3 is 0 Å². The number of carbonyl (C=O) groups excluding carboxylic acids is 2. The molecule has 0 bridgehead atoms. The molecule has 4 nitrogen and oxygen atoms in total. The van der Waals surface area contributed by atoms with Crippen LogP contribution in [0.4, 0.5) is 5.69 Å². The molecule has 0 spiro atoms. The largest absolute Gasteiger partial charge is 0.352 e. The molecule has 1 aliphatic heterocycles. The van der Waals surface area contributed by atoms with Crippen molar-refractivity contribution in [2.45, 2.75) is 26.3 Å². The summed E-state index contributed by atoms with van der Waals surface area (Å²) < 4.78 is 0. The van der Waals surface area contributed by atoms with E-state index in [1.54, 1.807) is 4.90 Å². The van der Waals surface area contributed by atoms with Crippen LogP contribution in [0, 0.1) is 5.92 Å². The first-order valence-electron chi connectivity index (χ1n) is 8.38. The zero-order valence-corrected chi connectivity index (χ0v) is 13.9. The summed E-state index contributed by atoms with van der Waals surface area (Å²) >= 11 is 0. The molecule has 0 unspecified atom stereocenters. The molecule has 1 saturated heterocycles. The molecule has 0 aromatic heterocycles. The molecule has 1 aliphatic rings. The monoisotopic (exact) mass is 322 g/mol.